The van der Waals surface area contributed by atoms with Gasteiger partial charge in [0.25, 0.3) is 5.91 Å². The van der Waals surface area contributed by atoms with Crippen molar-refractivity contribution in [1.82, 2.24) is 4.90 Å². The first-order chi connectivity index (χ1) is 5.86. The zero-order valence-electron chi connectivity index (χ0n) is 7.85. The van der Waals surface area contributed by atoms with E-state index in [1.54, 1.807) is 0 Å². The normalized spacial score (nSPS) is 14.5. The van der Waals surface area contributed by atoms with Crippen molar-refractivity contribution < 1.29 is 19.4 Å². The number of rotatable bonds is 3. The van der Waals surface area contributed by atoms with Gasteiger partial charge < -0.3 is 20.5 Å². The summed E-state index contributed by atoms with van der Waals surface area (Å²) in [5, 5.41) is 9.10. The standard InChI is InChI=1S/C7H14N2O4/c1-4(10)5(13-7(8)12)6(11)9(2)3/h4-5,10H,1-3H3,(H2,8,12). The molecular formula is C7H14N2O4. The second-order valence-electron chi connectivity index (χ2n) is 2.83. The predicted molar refractivity (Wildman–Crippen MR) is 44.8 cm³/mol. The molecule has 0 radical (unpaired) electrons. The maximum absolute atomic E-state index is 11.3. The molecule has 2 unspecified atom stereocenters. The first kappa shape index (κ1) is 11.7. The van der Waals surface area contributed by atoms with Gasteiger partial charge in [-0.1, -0.05) is 0 Å². The van der Waals surface area contributed by atoms with Crippen LogP contribution in [0.5, 0.6) is 0 Å². The number of nitrogens with zero attached hydrogens (tertiary/aromatic N) is 1. The van der Waals surface area contributed by atoms with Gasteiger partial charge in [0.1, 0.15) is 0 Å². The van der Waals surface area contributed by atoms with Crippen molar-refractivity contribution >= 4 is 12.0 Å². The van der Waals surface area contributed by atoms with Crippen LogP contribution in [0.25, 0.3) is 0 Å². The zero-order valence-corrected chi connectivity index (χ0v) is 7.85. The molecular weight excluding hydrogens is 176 g/mol. The minimum atomic E-state index is -1.23. The number of likely N-dealkylation sites (N-methyl/N-ethyl adjacent to an activating group) is 1. The molecule has 2 amide bonds. The number of aliphatic hydroxyl groups is 1. The Kier molecular flexibility index (Phi) is 4.19. The Labute approximate surface area is 76.3 Å². The summed E-state index contributed by atoms with van der Waals surface area (Å²) < 4.78 is 4.43. The van der Waals surface area contributed by atoms with Gasteiger partial charge in [-0.05, 0) is 6.92 Å². The van der Waals surface area contributed by atoms with Gasteiger partial charge in [0, 0.05) is 14.1 Å². The van der Waals surface area contributed by atoms with E-state index in [4.69, 9.17) is 10.8 Å². The number of primary amides is 1. The van der Waals surface area contributed by atoms with Gasteiger partial charge in [0.2, 0.25) is 6.10 Å². The van der Waals surface area contributed by atoms with Crippen molar-refractivity contribution in [3.05, 3.63) is 0 Å². The Morgan fingerprint density at radius 1 is 1.46 bits per heavy atom. The molecule has 6 nitrogen and oxygen atoms in total. The van der Waals surface area contributed by atoms with E-state index in [-0.39, 0.29) is 0 Å². The van der Waals surface area contributed by atoms with E-state index < -0.39 is 24.2 Å². The average Bonchev–Trinajstić information content (AvgIpc) is 1.97. The van der Waals surface area contributed by atoms with E-state index in [0.29, 0.717) is 0 Å². The van der Waals surface area contributed by atoms with Gasteiger partial charge in [-0.3, -0.25) is 4.79 Å². The Morgan fingerprint density at radius 2 is 1.92 bits per heavy atom. The smallest absolute Gasteiger partial charge is 0.405 e. The van der Waals surface area contributed by atoms with E-state index in [1.165, 1.54) is 25.9 Å². The van der Waals surface area contributed by atoms with Crippen molar-refractivity contribution in [3.63, 3.8) is 0 Å². The molecule has 6 heteroatoms. The van der Waals surface area contributed by atoms with Gasteiger partial charge in [-0.25, -0.2) is 4.79 Å². The summed E-state index contributed by atoms with van der Waals surface area (Å²) in [6.45, 7) is 1.34. The van der Waals surface area contributed by atoms with E-state index in [9.17, 15) is 9.59 Å². The number of amides is 2. The molecule has 0 fully saturated rings. The summed E-state index contributed by atoms with van der Waals surface area (Å²) in [4.78, 5) is 22.8. The molecule has 0 rings (SSSR count). The highest BCUT2D eigenvalue weighted by molar-refractivity contribution is 5.83. The monoisotopic (exact) mass is 190 g/mol. The SMILES string of the molecule is CC(O)C(OC(N)=O)C(=O)N(C)C. The summed E-state index contributed by atoms with van der Waals surface area (Å²) in [5.74, 6) is -0.506. The number of carbonyl (C=O) groups excluding carboxylic acids is 2. The van der Waals surface area contributed by atoms with Crippen LogP contribution in [0.3, 0.4) is 0 Å². The molecule has 0 spiro atoms. The molecule has 0 aromatic heterocycles. The van der Waals surface area contributed by atoms with E-state index in [0.717, 1.165) is 0 Å². The van der Waals surface area contributed by atoms with Crippen LogP contribution in [0.1, 0.15) is 6.92 Å². The van der Waals surface area contributed by atoms with Crippen LogP contribution in [0.2, 0.25) is 0 Å². The number of hydrogen-bond donors (Lipinski definition) is 2. The van der Waals surface area contributed by atoms with Crippen LogP contribution < -0.4 is 5.73 Å². The van der Waals surface area contributed by atoms with Gasteiger partial charge >= 0.3 is 6.09 Å². The van der Waals surface area contributed by atoms with Gasteiger partial charge in [-0.15, -0.1) is 0 Å². The van der Waals surface area contributed by atoms with Crippen molar-refractivity contribution in [2.45, 2.75) is 19.1 Å². The fourth-order valence-electron chi connectivity index (χ4n) is 0.735. The largest absolute Gasteiger partial charge is 0.433 e. The predicted octanol–water partition coefficient (Wildman–Crippen LogP) is -1.08. The molecule has 0 aliphatic heterocycles. The summed E-state index contributed by atoms with van der Waals surface area (Å²) in [5.41, 5.74) is 4.73. The van der Waals surface area contributed by atoms with Crippen LogP contribution in [0.15, 0.2) is 0 Å². The quantitative estimate of drug-likeness (QED) is 0.592. The number of ether oxygens (including phenoxy) is 1. The van der Waals surface area contributed by atoms with Gasteiger partial charge in [0.05, 0.1) is 6.10 Å². The van der Waals surface area contributed by atoms with Crippen molar-refractivity contribution in [2.24, 2.45) is 5.73 Å². The van der Waals surface area contributed by atoms with Crippen LogP contribution in [-0.2, 0) is 9.53 Å². The third-order valence-electron chi connectivity index (χ3n) is 1.37. The highest BCUT2D eigenvalue weighted by Crippen LogP contribution is 2.02. The summed E-state index contributed by atoms with van der Waals surface area (Å²) in [6, 6.07) is 0. The summed E-state index contributed by atoms with van der Waals surface area (Å²) in [7, 11) is 2.98. The lowest BCUT2D eigenvalue weighted by Crippen LogP contribution is -2.44. The Hall–Kier alpha value is -1.30. The zero-order chi connectivity index (χ0) is 10.6. The second-order valence-corrected chi connectivity index (χ2v) is 2.83. The highest BCUT2D eigenvalue weighted by Gasteiger charge is 2.28. The van der Waals surface area contributed by atoms with Crippen LogP contribution in [-0.4, -0.2) is 48.3 Å². The Bertz CT molecular complexity index is 203. The molecule has 2 atom stereocenters. The average molecular weight is 190 g/mol. The molecule has 13 heavy (non-hydrogen) atoms. The minimum Gasteiger partial charge on any atom is -0.433 e. The van der Waals surface area contributed by atoms with Crippen molar-refractivity contribution in [2.75, 3.05) is 14.1 Å². The maximum atomic E-state index is 11.3. The molecule has 76 valence electrons. The number of aliphatic hydroxyl groups excluding tert-OH is 1. The van der Waals surface area contributed by atoms with E-state index in [1.807, 2.05) is 0 Å². The number of nitrogens with two attached hydrogens (primary N) is 1. The fourth-order valence-corrected chi connectivity index (χ4v) is 0.735. The molecule has 0 aromatic rings. The van der Waals surface area contributed by atoms with Crippen molar-refractivity contribution in [1.29, 1.82) is 0 Å². The lowest BCUT2D eigenvalue weighted by atomic mass is 10.2. The van der Waals surface area contributed by atoms with Crippen LogP contribution >= 0.6 is 0 Å². The lowest BCUT2D eigenvalue weighted by Gasteiger charge is -2.21. The van der Waals surface area contributed by atoms with Gasteiger partial charge in [0.15, 0.2) is 0 Å². The molecule has 3 N–H and O–H groups in total. The second kappa shape index (κ2) is 4.66. The molecule has 0 saturated carbocycles. The Balaban J connectivity index is 4.42. The highest BCUT2D eigenvalue weighted by atomic mass is 16.6. The van der Waals surface area contributed by atoms with Crippen LogP contribution in [0, 0.1) is 0 Å². The van der Waals surface area contributed by atoms with Crippen molar-refractivity contribution in [3.8, 4) is 0 Å². The molecule has 0 saturated heterocycles. The lowest BCUT2D eigenvalue weighted by molar-refractivity contribution is -0.142. The number of hydrogen-bond acceptors (Lipinski definition) is 4. The summed E-state index contributed by atoms with van der Waals surface area (Å²) >= 11 is 0. The van der Waals surface area contributed by atoms with Crippen LogP contribution in [0.4, 0.5) is 4.79 Å². The summed E-state index contributed by atoms with van der Waals surface area (Å²) in [6.07, 6.45) is -3.39. The number of carbonyl (C=O) groups is 2. The molecule has 0 bridgehead atoms. The molecule has 0 aromatic carbocycles. The first-order valence-electron chi connectivity index (χ1n) is 3.71. The molecule has 0 aliphatic carbocycles. The molecule has 0 heterocycles. The topological polar surface area (TPSA) is 92.9 Å². The minimum absolute atomic E-state index is 0.506. The third-order valence-corrected chi connectivity index (χ3v) is 1.37. The van der Waals surface area contributed by atoms with E-state index >= 15 is 0 Å². The first-order valence-corrected chi connectivity index (χ1v) is 3.71. The van der Waals surface area contributed by atoms with E-state index in [2.05, 4.69) is 4.74 Å². The fraction of sp³-hybridized carbons (Fsp3) is 0.714. The molecule has 0 aliphatic rings. The van der Waals surface area contributed by atoms with Gasteiger partial charge in [-0.2, -0.15) is 0 Å². The Morgan fingerprint density at radius 3 is 2.15 bits per heavy atom. The maximum Gasteiger partial charge on any atom is 0.405 e. The third kappa shape index (κ3) is 3.75.